The van der Waals surface area contributed by atoms with Gasteiger partial charge in [-0.05, 0) is 37.1 Å². The Morgan fingerprint density at radius 1 is 1.30 bits per heavy atom. The van der Waals surface area contributed by atoms with Crippen LogP contribution in [0.4, 0.5) is 10.5 Å². The predicted molar refractivity (Wildman–Crippen MR) is 97.2 cm³/mol. The van der Waals surface area contributed by atoms with Crippen LogP contribution in [0.1, 0.15) is 19.3 Å². The molecule has 0 radical (unpaired) electrons. The van der Waals surface area contributed by atoms with Gasteiger partial charge in [-0.2, -0.15) is 0 Å². The summed E-state index contributed by atoms with van der Waals surface area (Å²) >= 11 is 0. The van der Waals surface area contributed by atoms with E-state index in [0.29, 0.717) is 17.9 Å². The lowest BCUT2D eigenvalue weighted by molar-refractivity contribution is -0.122. The minimum absolute atomic E-state index is 0.0175. The summed E-state index contributed by atoms with van der Waals surface area (Å²) in [6.45, 7) is 0. The fourth-order valence-corrected chi connectivity index (χ4v) is 4.86. The standard InChI is InChI=1S/C17H21N3O6S/c1-26-13-4-2-12(3-5-13)20-16(22)14(19-17(20)23)6-7-15(21)18-11-8-9-27(24,25)10-11/h2-5,11,14H,6-10H2,1H3,(H,18,21)(H,19,23)/t11-,14+/m1/s1. The molecule has 2 heterocycles. The summed E-state index contributed by atoms with van der Waals surface area (Å²) in [5.41, 5.74) is 0.418. The zero-order valence-corrected chi connectivity index (χ0v) is 15.6. The Hall–Kier alpha value is -2.62. The number of carbonyl (C=O) groups excluding carboxylic acids is 3. The van der Waals surface area contributed by atoms with Crippen LogP contribution in [0.2, 0.25) is 0 Å². The molecule has 0 bridgehead atoms. The summed E-state index contributed by atoms with van der Waals surface area (Å²) in [4.78, 5) is 37.7. The van der Waals surface area contributed by atoms with E-state index in [1.54, 1.807) is 24.3 Å². The molecule has 3 rings (SSSR count). The maximum absolute atomic E-state index is 12.5. The van der Waals surface area contributed by atoms with Gasteiger partial charge in [0, 0.05) is 12.5 Å². The van der Waals surface area contributed by atoms with E-state index in [4.69, 9.17) is 4.74 Å². The van der Waals surface area contributed by atoms with E-state index in [1.165, 1.54) is 7.11 Å². The summed E-state index contributed by atoms with van der Waals surface area (Å²) in [5.74, 6) is -0.133. The van der Waals surface area contributed by atoms with Crippen LogP contribution in [-0.2, 0) is 19.4 Å². The molecule has 9 nitrogen and oxygen atoms in total. The fourth-order valence-electron chi connectivity index (χ4n) is 3.19. The molecule has 2 saturated heterocycles. The Morgan fingerprint density at radius 3 is 2.59 bits per heavy atom. The molecule has 2 aliphatic rings. The Kier molecular flexibility index (Phi) is 5.36. The van der Waals surface area contributed by atoms with Crippen molar-refractivity contribution in [1.29, 1.82) is 0 Å². The summed E-state index contributed by atoms with van der Waals surface area (Å²) in [6.07, 6.45) is 0.560. The van der Waals surface area contributed by atoms with E-state index in [1.807, 2.05) is 0 Å². The summed E-state index contributed by atoms with van der Waals surface area (Å²) in [7, 11) is -1.55. The van der Waals surface area contributed by atoms with Crippen molar-refractivity contribution in [2.45, 2.75) is 31.3 Å². The fraction of sp³-hybridized carbons (Fsp3) is 0.471. The third-order valence-corrected chi connectivity index (χ3v) is 6.38. The van der Waals surface area contributed by atoms with Gasteiger partial charge in [0.25, 0.3) is 5.91 Å². The molecule has 2 fully saturated rings. The van der Waals surface area contributed by atoms with Crippen LogP contribution in [0.25, 0.3) is 0 Å². The number of imide groups is 1. The lowest BCUT2D eigenvalue weighted by Gasteiger charge is -2.14. The van der Waals surface area contributed by atoms with Gasteiger partial charge in [-0.15, -0.1) is 0 Å². The lowest BCUT2D eigenvalue weighted by atomic mass is 10.1. The SMILES string of the molecule is COc1ccc(N2C(=O)N[C@@H](CCC(=O)N[C@@H]3CCS(=O)(=O)C3)C2=O)cc1. The summed E-state index contributed by atoms with van der Waals surface area (Å²) in [5, 5.41) is 5.24. The molecule has 0 aliphatic carbocycles. The van der Waals surface area contributed by atoms with Crippen molar-refractivity contribution in [1.82, 2.24) is 10.6 Å². The Labute approximate surface area is 157 Å². The van der Waals surface area contributed by atoms with Crippen LogP contribution >= 0.6 is 0 Å². The molecule has 0 spiro atoms. The maximum Gasteiger partial charge on any atom is 0.329 e. The Balaban J connectivity index is 1.54. The molecule has 2 aliphatic heterocycles. The van der Waals surface area contributed by atoms with Crippen molar-refractivity contribution in [3.63, 3.8) is 0 Å². The zero-order chi connectivity index (χ0) is 19.6. The highest BCUT2D eigenvalue weighted by Crippen LogP contribution is 2.23. The monoisotopic (exact) mass is 395 g/mol. The van der Waals surface area contributed by atoms with E-state index < -0.39 is 27.8 Å². The molecule has 1 aromatic carbocycles. The van der Waals surface area contributed by atoms with Gasteiger partial charge in [-0.3, -0.25) is 9.59 Å². The average Bonchev–Trinajstić information content (AvgIpc) is 3.11. The van der Waals surface area contributed by atoms with E-state index in [9.17, 15) is 22.8 Å². The van der Waals surface area contributed by atoms with Crippen LogP contribution in [0.5, 0.6) is 5.75 Å². The second kappa shape index (κ2) is 7.55. The van der Waals surface area contributed by atoms with E-state index >= 15 is 0 Å². The number of carbonyl (C=O) groups is 3. The topological polar surface area (TPSA) is 122 Å². The molecular weight excluding hydrogens is 374 g/mol. The van der Waals surface area contributed by atoms with Crippen molar-refractivity contribution in [3.8, 4) is 5.75 Å². The number of benzene rings is 1. The van der Waals surface area contributed by atoms with Crippen molar-refractivity contribution in [2.75, 3.05) is 23.5 Å². The van der Waals surface area contributed by atoms with Crippen molar-refractivity contribution < 1.29 is 27.5 Å². The highest BCUT2D eigenvalue weighted by Gasteiger charge is 2.39. The molecule has 146 valence electrons. The zero-order valence-electron chi connectivity index (χ0n) is 14.8. The number of hydrogen-bond donors (Lipinski definition) is 2. The van der Waals surface area contributed by atoms with Gasteiger partial charge in [0.2, 0.25) is 5.91 Å². The third-order valence-electron chi connectivity index (χ3n) is 4.61. The Morgan fingerprint density at radius 2 is 2.00 bits per heavy atom. The van der Waals surface area contributed by atoms with Gasteiger partial charge >= 0.3 is 6.03 Å². The smallest absolute Gasteiger partial charge is 0.329 e. The molecule has 0 saturated carbocycles. The van der Waals surface area contributed by atoms with Crippen molar-refractivity contribution >= 4 is 33.4 Å². The van der Waals surface area contributed by atoms with E-state index in [0.717, 1.165) is 4.90 Å². The van der Waals surface area contributed by atoms with Crippen molar-refractivity contribution in [2.24, 2.45) is 0 Å². The molecule has 2 atom stereocenters. The first-order chi connectivity index (χ1) is 12.8. The van der Waals surface area contributed by atoms with E-state index in [-0.39, 0.29) is 36.3 Å². The molecule has 2 N–H and O–H groups in total. The van der Waals surface area contributed by atoms with E-state index in [2.05, 4.69) is 10.6 Å². The number of rotatable bonds is 6. The minimum Gasteiger partial charge on any atom is -0.497 e. The van der Waals surface area contributed by atoms with Crippen molar-refractivity contribution in [3.05, 3.63) is 24.3 Å². The molecule has 0 aromatic heterocycles. The molecule has 10 heteroatoms. The van der Waals surface area contributed by atoms with Crippen LogP contribution in [0.3, 0.4) is 0 Å². The first kappa shape index (κ1) is 19.2. The van der Waals surface area contributed by atoms with Crippen LogP contribution in [0, 0.1) is 0 Å². The van der Waals surface area contributed by atoms with Gasteiger partial charge in [0.05, 0.1) is 24.3 Å². The largest absolute Gasteiger partial charge is 0.497 e. The molecule has 4 amide bonds. The van der Waals surface area contributed by atoms with Gasteiger partial charge in [0.15, 0.2) is 9.84 Å². The predicted octanol–water partition coefficient (Wildman–Crippen LogP) is 0.204. The normalized spacial score (nSPS) is 24.0. The number of urea groups is 1. The summed E-state index contributed by atoms with van der Waals surface area (Å²) in [6, 6.07) is 4.78. The van der Waals surface area contributed by atoms with Gasteiger partial charge in [-0.25, -0.2) is 18.1 Å². The maximum atomic E-state index is 12.5. The van der Waals surface area contributed by atoms with Gasteiger partial charge in [0.1, 0.15) is 11.8 Å². The summed E-state index contributed by atoms with van der Waals surface area (Å²) < 4.78 is 27.9. The average molecular weight is 395 g/mol. The number of nitrogens with one attached hydrogen (secondary N) is 2. The van der Waals surface area contributed by atoms with Crippen LogP contribution in [-0.4, -0.2) is 57.0 Å². The highest BCUT2D eigenvalue weighted by atomic mass is 32.2. The number of ether oxygens (including phenoxy) is 1. The lowest BCUT2D eigenvalue weighted by Crippen LogP contribution is -2.37. The number of sulfone groups is 1. The molecule has 27 heavy (non-hydrogen) atoms. The number of hydrogen-bond acceptors (Lipinski definition) is 6. The first-order valence-corrected chi connectivity index (χ1v) is 10.4. The van der Waals surface area contributed by atoms with Crippen LogP contribution < -0.4 is 20.3 Å². The Bertz CT molecular complexity index is 852. The molecule has 1 aromatic rings. The third kappa shape index (κ3) is 4.38. The number of nitrogens with zero attached hydrogens (tertiary/aromatic N) is 1. The first-order valence-electron chi connectivity index (χ1n) is 8.57. The van der Waals surface area contributed by atoms with Gasteiger partial charge < -0.3 is 15.4 Å². The van der Waals surface area contributed by atoms with Gasteiger partial charge in [-0.1, -0.05) is 0 Å². The highest BCUT2D eigenvalue weighted by molar-refractivity contribution is 7.91. The second-order valence-electron chi connectivity index (χ2n) is 6.58. The minimum atomic E-state index is -3.07. The number of anilines is 1. The number of methoxy groups -OCH3 is 1. The van der Waals surface area contributed by atoms with Crippen LogP contribution in [0.15, 0.2) is 24.3 Å². The number of amides is 4. The molecular formula is C17H21N3O6S. The quantitative estimate of drug-likeness (QED) is 0.664. The second-order valence-corrected chi connectivity index (χ2v) is 8.81. The molecule has 0 unspecified atom stereocenters.